The van der Waals surface area contributed by atoms with E-state index in [1.165, 1.54) is 13.2 Å². The topological polar surface area (TPSA) is 84.9 Å². The fourth-order valence-corrected chi connectivity index (χ4v) is 5.28. The van der Waals surface area contributed by atoms with E-state index >= 15 is 0 Å². The number of carbonyl (C=O) groups excluding carboxylic acids is 3. The van der Waals surface area contributed by atoms with Crippen molar-refractivity contribution < 1.29 is 28.2 Å². The van der Waals surface area contributed by atoms with Crippen LogP contribution < -0.4 is 14.8 Å². The normalized spacial score (nSPS) is 14.3. The lowest BCUT2D eigenvalue weighted by atomic mass is 10.1. The molecule has 1 fully saturated rings. The second-order valence-corrected chi connectivity index (χ2v) is 10.8. The first-order valence-electron chi connectivity index (χ1n) is 10.8. The van der Waals surface area contributed by atoms with Gasteiger partial charge in [0.2, 0.25) is 5.91 Å². The highest BCUT2D eigenvalue weighted by Gasteiger charge is 2.36. The number of amides is 3. The molecule has 11 heteroatoms. The van der Waals surface area contributed by atoms with Crippen molar-refractivity contribution in [1.82, 2.24) is 4.90 Å². The van der Waals surface area contributed by atoms with Gasteiger partial charge in [-0.1, -0.05) is 34.1 Å². The Bertz CT molecular complexity index is 1400. The first-order valence-corrected chi connectivity index (χ1v) is 13.5. The molecule has 3 aromatic carbocycles. The lowest BCUT2D eigenvalue weighted by Gasteiger charge is -2.14. The van der Waals surface area contributed by atoms with E-state index in [-0.39, 0.29) is 17.3 Å². The first kappa shape index (κ1) is 27.1. The molecule has 1 aliphatic rings. The molecule has 3 amide bonds. The van der Waals surface area contributed by atoms with Gasteiger partial charge in [-0.05, 0) is 88.5 Å². The molecule has 0 saturated carbocycles. The number of halogens is 3. The van der Waals surface area contributed by atoms with E-state index in [1.54, 1.807) is 60.7 Å². The van der Waals surface area contributed by atoms with Crippen molar-refractivity contribution in [3.63, 3.8) is 0 Å². The molecule has 0 aromatic heterocycles. The number of nitrogens with one attached hydrogen (secondary N) is 1. The number of benzene rings is 3. The lowest BCUT2D eigenvalue weighted by Crippen LogP contribution is -2.36. The molecule has 4 rings (SSSR count). The molecule has 7 nitrogen and oxygen atoms in total. The number of hydrogen-bond donors (Lipinski definition) is 1. The summed E-state index contributed by atoms with van der Waals surface area (Å²) in [7, 11) is 1.48. The van der Waals surface area contributed by atoms with Crippen LogP contribution in [0.5, 0.6) is 11.5 Å². The van der Waals surface area contributed by atoms with Gasteiger partial charge >= 0.3 is 0 Å². The second kappa shape index (κ2) is 12.1. The first-order chi connectivity index (χ1) is 17.7. The summed E-state index contributed by atoms with van der Waals surface area (Å²) in [5, 5.41) is 2.13. The van der Waals surface area contributed by atoms with Crippen molar-refractivity contribution in [1.29, 1.82) is 0 Å². The Kier molecular flexibility index (Phi) is 8.87. The van der Waals surface area contributed by atoms with Crippen molar-refractivity contribution in [2.24, 2.45) is 0 Å². The fraction of sp³-hybridized carbons (Fsp3) is 0.115. The Morgan fingerprint density at radius 2 is 1.89 bits per heavy atom. The summed E-state index contributed by atoms with van der Waals surface area (Å²) in [6, 6.07) is 16.7. The molecular weight excluding hydrogens is 678 g/mol. The summed E-state index contributed by atoms with van der Waals surface area (Å²) >= 11 is 6.14. The van der Waals surface area contributed by atoms with Gasteiger partial charge in [-0.3, -0.25) is 19.3 Å². The summed E-state index contributed by atoms with van der Waals surface area (Å²) < 4.78 is 26.8. The van der Waals surface area contributed by atoms with Gasteiger partial charge < -0.3 is 14.8 Å². The summed E-state index contributed by atoms with van der Waals surface area (Å²) in [5.74, 6) is -0.591. The van der Waals surface area contributed by atoms with E-state index < -0.39 is 23.6 Å². The van der Waals surface area contributed by atoms with Crippen LogP contribution in [0.1, 0.15) is 11.1 Å². The Morgan fingerprint density at radius 3 is 2.59 bits per heavy atom. The highest BCUT2D eigenvalue weighted by Crippen LogP contribution is 2.37. The van der Waals surface area contributed by atoms with Crippen LogP contribution in [0.25, 0.3) is 6.08 Å². The van der Waals surface area contributed by atoms with Gasteiger partial charge in [-0.15, -0.1) is 0 Å². The van der Waals surface area contributed by atoms with Crippen LogP contribution in [0.3, 0.4) is 0 Å². The Morgan fingerprint density at radius 1 is 1.16 bits per heavy atom. The van der Waals surface area contributed by atoms with Gasteiger partial charge in [0.15, 0.2) is 11.5 Å². The molecule has 3 aromatic rings. The quantitative estimate of drug-likeness (QED) is 0.215. The lowest BCUT2D eigenvalue weighted by molar-refractivity contribution is -0.127. The summed E-state index contributed by atoms with van der Waals surface area (Å²) in [5.41, 5.74) is 1.56. The number of thioether (sulfide) groups is 1. The van der Waals surface area contributed by atoms with Crippen molar-refractivity contribution in [2.75, 3.05) is 19.0 Å². The SMILES string of the molecule is COc1cc(/C=C2/SC(=O)N(CC(=O)Nc3ccc(Br)cc3)C2=O)cc(I)c1OCc1ccccc1F. The third kappa shape index (κ3) is 6.70. The van der Waals surface area contributed by atoms with Crippen LogP contribution in [-0.2, 0) is 16.2 Å². The van der Waals surface area contributed by atoms with E-state index in [2.05, 4.69) is 43.8 Å². The van der Waals surface area contributed by atoms with Crippen molar-refractivity contribution in [2.45, 2.75) is 6.61 Å². The van der Waals surface area contributed by atoms with Crippen molar-refractivity contribution >= 4 is 79.1 Å². The Balaban J connectivity index is 1.47. The summed E-state index contributed by atoms with van der Waals surface area (Å²) in [6.45, 7) is -0.388. The van der Waals surface area contributed by atoms with E-state index in [0.29, 0.717) is 31.9 Å². The number of anilines is 1. The van der Waals surface area contributed by atoms with Crippen LogP contribution in [-0.4, -0.2) is 35.6 Å². The van der Waals surface area contributed by atoms with Crippen LogP contribution in [0.2, 0.25) is 0 Å². The molecule has 0 radical (unpaired) electrons. The van der Waals surface area contributed by atoms with Gasteiger partial charge in [0.25, 0.3) is 11.1 Å². The molecule has 0 atom stereocenters. The zero-order chi connectivity index (χ0) is 26.5. The molecule has 1 N–H and O–H groups in total. The predicted octanol–water partition coefficient (Wildman–Crippen LogP) is 6.46. The zero-order valence-corrected chi connectivity index (χ0v) is 23.9. The maximum Gasteiger partial charge on any atom is 0.294 e. The molecule has 1 saturated heterocycles. The minimum Gasteiger partial charge on any atom is -0.493 e. The molecule has 37 heavy (non-hydrogen) atoms. The fourth-order valence-electron chi connectivity index (χ4n) is 3.39. The molecule has 190 valence electrons. The summed E-state index contributed by atoms with van der Waals surface area (Å²) in [6.07, 6.45) is 1.56. The highest BCUT2D eigenvalue weighted by atomic mass is 127. The van der Waals surface area contributed by atoms with E-state index in [4.69, 9.17) is 9.47 Å². The molecule has 0 bridgehead atoms. The highest BCUT2D eigenvalue weighted by molar-refractivity contribution is 14.1. The third-order valence-corrected chi connectivity index (χ3v) is 7.42. The van der Waals surface area contributed by atoms with Gasteiger partial charge in [-0.2, -0.15) is 0 Å². The minimum atomic E-state index is -0.560. The van der Waals surface area contributed by atoms with Crippen LogP contribution in [0, 0.1) is 9.39 Å². The number of hydrogen-bond acceptors (Lipinski definition) is 6. The van der Waals surface area contributed by atoms with E-state index in [1.807, 2.05) is 0 Å². The number of nitrogens with zero attached hydrogens (tertiary/aromatic N) is 1. The predicted molar refractivity (Wildman–Crippen MR) is 152 cm³/mol. The molecule has 0 unspecified atom stereocenters. The Hall–Kier alpha value is -2.90. The minimum absolute atomic E-state index is 0.0135. The zero-order valence-electron chi connectivity index (χ0n) is 19.3. The van der Waals surface area contributed by atoms with Crippen molar-refractivity contribution in [3.8, 4) is 11.5 Å². The van der Waals surface area contributed by atoms with E-state index in [0.717, 1.165) is 21.1 Å². The van der Waals surface area contributed by atoms with Crippen molar-refractivity contribution in [3.05, 3.63) is 90.6 Å². The van der Waals surface area contributed by atoms with Gasteiger partial charge in [0.1, 0.15) is 19.0 Å². The number of rotatable bonds is 8. The average Bonchev–Trinajstić information content (AvgIpc) is 3.12. The second-order valence-electron chi connectivity index (χ2n) is 7.74. The monoisotopic (exact) mass is 696 g/mol. The van der Waals surface area contributed by atoms with Gasteiger partial charge in [-0.25, -0.2) is 4.39 Å². The largest absolute Gasteiger partial charge is 0.493 e. The van der Waals surface area contributed by atoms with Crippen LogP contribution in [0.4, 0.5) is 14.9 Å². The summed E-state index contributed by atoms with van der Waals surface area (Å²) in [4.78, 5) is 38.8. The van der Waals surface area contributed by atoms with Crippen LogP contribution >= 0.6 is 50.3 Å². The van der Waals surface area contributed by atoms with Gasteiger partial charge in [0, 0.05) is 15.7 Å². The maximum absolute atomic E-state index is 14.0. The smallest absolute Gasteiger partial charge is 0.294 e. The maximum atomic E-state index is 14.0. The van der Waals surface area contributed by atoms with E-state index in [9.17, 15) is 18.8 Å². The molecule has 0 aliphatic carbocycles. The molecule has 1 aliphatic heterocycles. The number of imide groups is 1. The van der Waals surface area contributed by atoms with Gasteiger partial charge in [0.05, 0.1) is 15.6 Å². The number of methoxy groups -OCH3 is 1. The standard InChI is InChI=1S/C26H19BrFIN2O5S/c1-35-21-11-15(10-20(29)24(21)36-14-16-4-2-3-5-19(16)28)12-22-25(33)31(26(34)37-22)13-23(32)30-18-8-6-17(27)7-9-18/h2-12H,13-14H2,1H3,(H,30,32)/b22-12+. The number of ether oxygens (including phenoxy) is 2. The molecule has 0 spiro atoms. The van der Waals surface area contributed by atoms with Crippen LogP contribution in [0.15, 0.2) is 70.0 Å². The third-order valence-electron chi connectivity index (χ3n) is 5.18. The molecule has 1 heterocycles. The number of carbonyl (C=O) groups is 3. The Labute approximate surface area is 238 Å². The molecular formula is C26H19BrFIN2O5S. The average molecular weight is 697 g/mol.